The summed E-state index contributed by atoms with van der Waals surface area (Å²) in [7, 11) is -3.17. The number of hydrogen-bond donors (Lipinski definition) is 2. The highest BCUT2D eigenvalue weighted by atomic mass is 28.4. The van der Waals surface area contributed by atoms with Crippen molar-refractivity contribution in [1.82, 2.24) is 14.9 Å². The second-order valence-corrected chi connectivity index (χ2v) is 21.4. The fraction of sp³-hybridized carbons (Fsp3) is 0.204. The molecule has 0 saturated carbocycles. The molecule has 2 aliphatic rings. The lowest BCUT2D eigenvalue weighted by Crippen LogP contribution is -2.67. The summed E-state index contributed by atoms with van der Waals surface area (Å²) < 4.78 is 83.1. The zero-order valence-corrected chi connectivity index (χ0v) is 35.2. The molecule has 0 aliphatic carbocycles. The number of ether oxygens (including phenoxy) is 2. The molecule has 2 amide bonds. The Morgan fingerprint density at radius 3 is 1.90 bits per heavy atom. The molecule has 9 nitrogen and oxygen atoms in total. The second kappa shape index (κ2) is 15.1. The Balaban J connectivity index is 1.21. The van der Waals surface area contributed by atoms with Gasteiger partial charge in [-0.3, -0.25) is 19.7 Å². The number of aromatic amines is 1. The Bertz CT molecular complexity index is 3130. The van der Waals surface area contributed by atoms with Gasteiger partial charge in [0.2, 0.25) is 0 Å². The van der Waals surface area contributed by atoms with Crippen LogP contribution in [0.15, 0.2) is 115 Å². The van der Waals surface area contributed by atoms with Crippen LogP contribution in [0.1, 0.15) is 59.7 Å². The average molecular weight is 870 g/mol. The number of imide groups is 1. The number of Topliss-reactive ketones (excluding diaryl/α,β-unsaturated/α-hetero) is 1. The number of hydrogen-bond acceptors (Lipinski definition) is 6. The predicted octanol–water partition coefficient (Wildman–Crippen LogP) is 8.89. The number of carbonyl (C=O) groups is 3. The van der Waals surface area contributed by atoms with E-state index in [-0.39, 0.29) is 80.2 Å². The summed E-state index contributed by atoms with van der Waals surface area (Å²) >= 11 is 0. The Hall–Kier alpha value is -6.45. The quantitative estimate of drug-likeness (QED) is 0.0852. The number of H-pyrrole nitrogens is 1. The van der Waals surface area contributed by atoms with Gasteiger partial charge in [-0.2, -0.15) is 0 Å². The molecule has 0 radical (unpaired) electrons. The first-order chi connectivity index (χ1) is 30.3. The zero-order chi connectivity index (χ0) is 43.9. The average Bonchev–Trinajstić information content (AvgIpc) is 3.88. The fourth-order valence-electron chi connectivity index (χ4n) is 9.65. The van der Waals surface area contributed by atoms with Crippen LogP contribution in [0.5, 0.6) is 0 Å². The highest BCUT2D eigenvalue weighted by molar-refractivity contribution is 6.99. The smallest absolute Gasteiger partial charge is 0.261 e. The Kier molecular flexibility index (Phi) is 9.75. The molecule has 14 heteroatoms. The summed E-state index contributed by atoms with van der Waals surface area (Å²) in [6.45, 7) is 6.27. The van der Waals surface area contributed by atoms with Crippen molar-refractivity contribution in [3.8, 4) is 0 Å². The summed E-state index contributed by atoms with van der Waals surface area (Å²) in [5.74, 6) is -6.88. The fourth-order valence-corrected chi connectivity index (χ4v) is 14.2. The van der Waals surface area contributed by atoms with Crippen molar-refractivity contribution in [3.05, 3.63) is 155 Å². The molecule has 1 fully saturated rings. The highest BCUT2D eigenvalue weighted by Gasteiger charge is 2.51. The van der Waals surface area contributed by atoms with Crippen LogP contribution in [-0.2, 0) is 25.3 Å². The number of carbonyl (C=O) groups excluding carboxylic acids is 3. The van der Waals surface area contributed by atoms with E-state index in [4.69, 9.17) is 13.9 Å². The van der Waals surface area contributed by atoms with Crippen molar-refractivity contribution in [2.24, 2.45) is 0 Å². The topological polar surface area (TPSA) is 112 Å². The number of benzene rings is 6. The lowest BCUT2D eigenvalue weighted by molar-refractivity contribution is -0.187. The molecule has 2 aliphatic heterocycles. The molecule has 3 atom stereocenters. The van der Waals surface area contributed by atoms with E-state index in [0.717, 1.165) is 40.2 Å². The first kappa shape index (κ1) is 40.6. The van der Waals surface area contributed by atoms with E-state index in [1.165, 1.54) is 4.57 Å². The van der Waals surface area contributed by atoms with Crippen LogP contribution in [0.2, 0.25) is 5.04 Å². The number of nitrogens with zero attached hydrogens (tertiary/aromatic N) is 1. The van der Waals surface area contributed by atoms with Gasteiger partial charge < -0.3 is 23.5 Å². The maximum atomic E-state index is 15.6. The Labute approximate surface area is 358 Å². The molecular weight excluding hydrogens is 831 g/mol. The second-order valence-electron chi connectivity index (χ2n) is 17.1. The molecule has 3 unspecified atom stereocenters. The van der Waals surface area contributed by atoms with Crippen LogP contribution in [0.4, 0.5) is 17.6 Å². The molecule has 0 spiro atoms. The Morgan fingerprint density at radius 1 is 0.730 bits per heavy atom. The van der Waals surface area contributed by atoms with Gasteiger partial charge >= 0.3 is 0 Å². The molecule has 10 rings (SSSR count). The van der Waals surface area contributed by atoms with E-state index in [1.54, 1.807) is 0 Å². The van der Waals surface area contributed by atoms with Crippen LogP contribution < -0.4 is 15.7 Å². The predicted molar refractivity (Wildman–Crippen MR) is 233 cm³/mol. The summed E-state index contributed by atoms with van der Waals surface area (Å²) in [5, 5.41) is 4.07. The summed E-state index contributed by atoms with van der Waals surface area (Å²) in [4.78, 5) is 45.3. The van der Waals surface area contributed by atoms with Gasteiger partial charge in [0.1, 0.15) is 0 Å². The third kappa shape index (κ3) is 6.42. The lowest BCUT2D eigenvalue weighted by Gasteiger charge is -2.44. The number of ketones is 1. The summed E-state index contributed by atoms with van der Waals surface area (Å²) in [6.07, 6.45) is -3.84. The van der Waals surface area contributed by atoms with Gasteiger partial charge in [0.25, 0.3) is 20.1 Å². The molecule has 4 heterocycles. The van der Waals surface area contributed by atoms with Gasteiger partial charge in [0.15, 0.2) is 41.4 Å². The molecule has 1 saturated heterocycles. The van der Waals surface area contributed by atoms with Gasteiger partial charge in [0, 0.05) is 45.6 Å². The number of halogens is 4. The van der Waals surface area contributed by atoms with E-state index in [9.17, 15) is 18.8 Å². The first-order valence-corrected chi connectivity index (χ1v) is 22.4. The standard InChI is InChI=1S/C49H39F4N3O6Si/c1-49(2,3)63(28-15-9-5-10-16-28,29-17-11-6-12-18-29)61-25-27-19-38(57)45(60-24-26-13-7-4-8-14-26)48(62-27)56-37-23-35(53)33(51)21-31(37)40-42-41(46(58)55-47(42)59)39-30-20-32(50)34(52)22-36(30)54-43(39)44(40)56/h4-18,20-23,27,45,48,54H,19,24-25H2,1-3H3,(H,55,58,59). The number of fused-ring (bicyclic) bond motifs is 10. The van der Waals surface area contributed by atoms with E-state index < -0.39 is 66.9 Å². The first-order valence-electron chi connectivity index (χ1n) is 20.5. The van der Waals surface area contributed by atoms with Crippen LogP contribution in [0.25, 0.3) is 43.6 Å². The maximum Gasteiger partial charge on any atom is 0.261 e. The molecule has 318 valence electrons. The van der Waals surface area contributed by atoms with Crippen LogP contribution >= 0.6 is 0 Å². The monoisotopic (exact) mass is 869 g/mol. The van der Waals surface area contributed by atoms with Crippen molar-refractivity contribution >= 4 is 79.9 Å². The van der Waals surface area contributed by atoms with Crippen molar-refractivity contribution in [2.75, 3.05) is 6.61 Å². The number of rotatable bonds is 9. The van der Waals surface area contributed by atoms with Crippen LogP contribution in [-0.4, -0.2) is 54.3 Å². The van der Waals surface area contributed by atoms with Gasteiger partial charge in [-0.05, 0) is 33.1 Å². The number of amides is 2. The molecular formula is C49H39F4N3O6Si. The molecule has 63 heavy (non-hydrogen) atoms. The third-order valence-corrected chi connectivity index (χ3v) is 17.3. The molecule has 2 aromatic heterocycles. The molecule has 8 aromatic rings. The Morgan fingerprint density at radius 2 is 1.29 bits per heavy atom. The molecule has 6 aromatic carbocycles. The van der Waals surface area contributed by atoms with Crippen LogP contribution in [0, 0.1) is 23.3 Å². The van der Waals surface area contributed by atoms with E-state index in [2.05, 4.69) is 31.1 Å². The van der Waals surface area contributed by atoms with Crippen molar-refractivity contribution < 1.29 is 45.8 Å². The van der Waals surface area contributed by atoms with Crippen LogP contribution in [0.3, 0.4) is 0 Å². The van der Waals surface area contributed by atoms with Crippen molar-refractivity contribution in [2.45, 2.75) is 57.3 Å². The largest absolute Gasteiger partial charge is 0.405 e. The van der Waals surface area contributed by atoms with E-state index >= 15 is 13.2 Å². The van der Waals surface area contributed by atoms with E-state index in [0.29, 0.717) is 0 Å². The highest BCUT2D eigenvalue weighted by Crippen LogP contribution is 2.47. The number of nitrogens with one attached hydrogen (secondary N) is 2. The minimum atomic E-state index is -3.17. The van der Waals surface area contributed by atoms with Gasteiger partial charge in [0.05, 0.1) is 47.0 Å². The van der Waals surface area contributed by atoms with Gasteiger partial charge in [-0.1, -0.05) is 112 Å². The van der Waals surface area contributed by atoms with Crippen molar-refractivity contribution in [1.29, 1.82) is 0 Å². The number of aromatic nitrogens is 2. The third-order valence-electron chi connectivity index (χ3n) is 12.3. The lowest BCUT2D eigenvalue weighted by atomic mass is 9.96. The van der Waals surface area contributed by atoms with E-state index in [1.807, 2.05) is 91.0 Å². The molecule has 0 bridgehead atoms. The SMILES string of the molecule is CC(C)(C)[Si](OCC1CC(=O)C(OCc2ccccc2)C(n2c3cc(F)c(F)cc3c3c4c(c5c6cc(F)c(F)cc6[nH]c5c32)C(=O)NC4=O)O1)(c1ccccc1)c1ccccc1. The zero-order valence-electron chi connectivity index (χ0n) is 34.2. The summed E-state index contributed by atoms with van der Waals surface area (Å²) in [5.41, 5.74) is 0.678. The minimum Gasteiger partial charge on any atom is -0.405 e. The normalized spacial score (nSPS) is 18.3. The summed E-state index contributed by atoms with van der Waals surface area (Å²) in [6, 6.07) is 32.7. The maximum absolute atomic E-state index is 15.6. The van der Waals surface area contributed by atoms with Gasteiger partial charge in [-0.15, -0.1) is 0 Å². The van der Waals surface area contributed by atoms with Crippen molar-refractivity contribution in [3.63, 3.8) is 0 Å². The van der Waals surface area contributed by atoms with Gasteiger partial charge in [-0.25, -0.2) is 17.6 Å². The minimum absolute atomic E-state index is 0.00132. The molecule has 2 N–H and O–H groups in total.